The first kappa shape index (κ1) is 11.5. The van der Waals surface area contributed by atoms with Gasteiger partial charge in [-0.3, -0.25) is 4.79 Å². The molecule has 0 N–H and O–H groups in total. The van der Waals surface area contributed by atoms with Crippen LogP contribution in [0.1, 0.15) is 22.8 Å². The van der Waals surface area contributed by atoms with Crippen molar-refractivity contribution in [1.29, 1.82) is 0 Å². The van der Waals surface area contributed by atoms with Gasteiger partial charge >= 0.3 is 0 Å². The molecule has 0 aromatic heterocycles. The lowest BCUT2D eigenvalue weighted by molar-refractivity contribution is 0.112. The smallest absolute Gasteiger partial charge is 0.150 e. The third kappa shape index (κ3) is 2.41. The fourth-order valence-electron chi connectivity index (χ4n) is 1.85. The van der Waals surface area contributed by atoms with Gasteiger partial charge in [-0.1, -0.05) is 37.3 Å². The molecule has 0 amide bonds. The van der Waals surface area contributed by atoms with Crippen LogP contribution in [0.5, 0.6) is 0 Å². The fourth-order valence-corrected chi connectivity index (χ4v) is 1.85. The van der Waals surface area contributed by atoms with Crippen molar-refractivity contribution in [2.24, 2.45) is 0 Å². The van der Waals surface area contributed by atoms with Gasteiger partial charge in [0.15, 0.2) is 6.29 Å². The van der Waals surface area contributed by atoms with E-state index in [4.69, 9.17) is 0 Å². The van der Waals surface area contributed by atoms with Gasteiger partial charge in [0.2, 0.25) is 0 Å². The third-order valence-corrected chi connectivity index (χ3v) is 2.79. The van der Waals surface area contributed by atoms with E-state index in [2.05, 4.69) is 6.92 Å². The second-order valence-electron chi connectivity index (χ2n) is 3.90. The molecule has 0 aliphatic rings. The van der Waals surface area contributed by atoms with Gasteiger partial charge < -0.3 is 0 Å². The first-order valence-electron chi connectivity index (χ1n) is 5.58. The lowest BCUT2D eigenvalue weighted by Crippen LogP contribution is -1.90. The molecule has 0 radical (unpaired) electrons. The van der Waals surface area contributed by atoms with Gasteiger partial charge in [0, 0.05) is 5.56 Å². The summed E-state index contributed by atoms with van der Waals surface area (Å²) in [4.78, 5) is 10.9. The number of hydrogen-bond acceptors (Lipinski definition) is 1. The molecule has 0 unspecified atom stereocenters. The Labute approximate surface area is 99.9 Å². The van der Waals surface area contributed by atoms with E-state index in [1.165, 1.54) is 17.7 Å². The molecule has 2 heteroatoms. The van der Waals surface area contributed by atoms with Crippen LogP contribution in [-0.4, -0.2) is 6.29 Å². The van der Waals surface area contributed by atoms with Crippen LogP contribution in [-0.2, 0) is 6.42 Å². The second-order valence-corrected chi connectivity index (χ2v) is 3.90. The van der Waals surface area contributed by atoms with Crippen LogP contribution in [0.25, 0.3) is 11.1 Å². The van der Waals surface area contributed by atoms with E-state index in [9.17, 15) is 9.18 Å². The topological polar surface area (TPSA) is 17.1 Å². The lowest BCUT2D eigenvalue weighted by Gasteiger charge is -2.06. The highest BCUT2D eigenvalue weighted by Crippen LogP contribution is 2.24. The summed E-state index contributed by atoms with van der Waals surface area (Å²) in [6.07, 6.45) is 1.63. The van der Waals surface area contributed by atoms with Crippen molar-refractivity contribution < 1.29 is 9.18 Å². The highest BCUT2D eigenvalue weighted by Gasteiger charge is 2.06. The van der Waals surface area contributed by atoms with Crippen LogP contribution in [0, 0.1) is 5.82 Å². The highest BCUT2D eigenvalue weighted by molar-refractivity contribution is 5.87. The van der Waals surface area contributed by atoms with E-state index >= 15 is 0 Å². The molecular weight excluding hydrogens is 215 g/mol. The normalized spacial score (nSPS) is 10.2. The third-order valence-electron chi connectivity index (χ3n) is 2.79. The first-order valence-corrected chi connectivity index (χ1v) is 5.58. The number of carbonyl (C=O) groups is 1. The molecule has 0 atom stereocenters. The van der Waals surface area contributed by atoms with Gasteiger partial charge in [0.05, 0.1) is 0 Å². The van der Waals surface area contributed by atoms with Crippen LogP contribution in [0.2, 0.25) is 0 Å². The molecule has 0 fully saturated rings. The van der Waals surface area contributed by atoms with Gasteiger partial charge in [-0.05, 0) is 35.2 Å². The minimum absolute atomic E-state index is 0.387. The molecule has 0 aliphatic carbocycles. The average Bonchev–Trinajstić information content (AvgIpc) is 2.38. The van der Waals surface area contributed by atoms with Crippen molar-refractivity contribution in [3.8, 4) is 11.1 Å². The Morgan fingerprint density at radius 1 is 1.18 bits per heavy atom. The summed E-state index contributed by atoms with van der Waals surface area (Å²) < 4.78 is 13.0. The zero-order valence-electron chi connectivity index (χ0n) is 9.61. The van der Waals surface area contributed by atoms with Gasteiger partial charge in [-0.15, -0.1) is 0 Å². The maximum absolute atomic E-state index is 13.0. The number of aryl methyl sites for hydroxylation is 1. The Morgan fingerprint density at radius 3 is 2.71 bits per heavy atom. The van der Waals surface area contributed by atoms with E-state index < -0.39 is 0 Å². The molecule has 1 nitrogen and oxygen atoms in total. The van der Waals surface area contributed by atoms with Crippen LogP contribution in [0.4, 0.5) is 4.39 Å². The van der Waals surface area contributed by atoms with Crippen molar-refractivity contribution in [1.82, 2.24) is 0 Å². The SMILES string of the molecule is CCc1cccc(-c2ccc(F)cc2C=O)c1. The van der Waals surface area contributed by atoms with E-state index in [0.717, 1.165) is 17.5 Å². The quantitative estimate of drug-likeness (QED) is 0.729. The average molecular weight is 228 g/mol. The largest absolute Gasteiger partial charge is 0.298 e. The Morgan fingerprint density at radius 2 is 2.00 bits per heavy atom. The van der Waals surface area contributed by atoms with Gasteiger partial charge in [-0.25, -0.2) is 4.39 Å². The molecule has 0 aliphatic heterocycles. The number of hydrogen-bond donors (Lipinski definition) is 0. The van der Waals surface area contributed by atoms with Crippen molar-refractivity contribution in [2.75, 3.05) is 0 Å². The molecular formula is C15H13FO. The minimum atomic E-state index is -0.387. The molecule has 86 valence electrons. The fraction of sp³-hybridized carbons (Fsp3) is 0.133. The zero-order chi connectivity index (χ0) is 12.3. The summed E-state index contributed by atoms with van der Waals surface area (Å²) in [6.45, 7) is 2.07. The molecule has 2 aromatic rings. The van der Waals surface area contributed by atoms with E-state index in [1.807, 2.05) is 24.3 Å². The molecule has 17 heavy (non-hydrogen) atoms. The predicted molar refractivity (Wildman–Crippen MR) is 66.6 cm³/mol. The summed E-state index contributed by atoms with van der Waals surface area (Å²) in [6, 6.07) is 12.2. The zero-order valence-corrected chi connectivity index (χ0v) is 9.61. The monoisotopic (exact) mass is 228 g/mol. The van der Waals surface area contributed by atoms with Gasteiger partial charge in [-0.2, -0.15) is 0 Å². The molecule has 0 bridgehead atoms. The number of carbonyl (C=O) groups excluding carboxylic acids is 1. The van der Waals surface area contributed by atoms with E-state index in [-0.39, 0.29) is 5.82 Å². The summed E-state index contributed by atoms with van der Waals surface area (Å²) in [5.74, 6) is -0.387. The van der Waals surface area contributed by atoms with Crippen LogP contribution in [0.15, 0.2) is 42.5 Å². The number of rotatable bonds is 3. The van der Waals surface area contributed by atoms with Crippen molar-refractivity contribution in [3.05, 3.63) is 59.4 Å². The Bertz CT molecular complexity index is 546. The van der Waals surface area contributed by atoms with E-state index in [1.54, 1.807) is 6.07 Å². The number of aldehydes is 1. The summed E-state index contributed by atoms with van der Waals surface area (Å²) >= 11 is 0. The maximum Gasteiger partial charge on any atom is 0.150 e. The van der Waals surface area contributed by atoms with Crippen molar-refractivity contribution >= 4 is 6.29 Å². The molecule has 0 saturated carbocycles. The van der Waals surface area contributed by atoms with E-state index in [0.29, 0.717) is 11.8 Å². The minimum Gasteiger partial charge on any atom is -0.298 e. The molecule has 0 spiro atoms. The lowest BCUT2D eigenvalue weighted by atomic mass is 9.98. The van der Waals surface area contributed by atoms with Crippen molar-refractivity contribution in [3.63, 3.8) is 0 Å². The summed E-state index contributed by atoms with van der Waals surface area (Å²) in [7, 11) is 0. The standard InChI is InChI=1S/C15H13FO/c1-2-11-4-3-5-12(8-11)15-7-6-14(16)9-13(15)10-17/h3-10H,2H2,1H3. The second kappa shape index (κ2) is 4.91. The van der Waals surface area contributed by atoms with Gasteiger partial charge in [0.1, 0.15) is 5.82 Å². The molecule has 0 saturated heterocycles. The number of benzene rings is 2. The molecule has 2 rings (SSSR count). The predicted octanol–water partition coefficient (Wildman–Crippen LogP) is 3.87. The molecule has 0 heterocycles. The Balaban J connectivity index is 2.55. The van der Waals surface area contributed by atoms with Crippen LogP contribution < -0.4 is 0 Å². The highest BCUT2D eigenvalue weighted by atomic mass is 19.1. The summed E-state index contributed by atoms with van der Waals surface area (Å²) in [5, 5.41) is 0. The summed E-state index contributed by atoms with van der Waals surface area (Å²) in [5.41, 5.74) is 3.31. The number of halogens is 1. The molecule has 2 aromatic carbocycles. The van der Waals surface area contributed by atoms with Crippen LogP contribution >= 0.6 is 0 Å². The van der Waals surface area contributed by atoms with Crippen molar-refractivity contribution in [2.45, 2.75) is 13.3 Å². The van der Waals surface area contributed by atoms with Crippen LogP contribution in [0.3, 0.4) is 0 Å². The van der Waals surface area contributed by atoms with Gasteiger partial charge in [0.25, 0.3) is 0 Å². The Hall–Kier alpha value is -1.96. The Kier molecular flexibility index (Phi) is 3.33. The maximum atomic E-state index is 13.0. The first-order chi connectivity index (χ1) is 8.24.